The number of carbonyl (C=O) groups excluding carboxylic acids is 2. The molecular weight excluding hydrogens is 358 g/mol. The number of ether oxygens (including phenoxy) is 1. The van der Waals surface area contributed by atoms with Gasteiger partial charge in [0.2, 0.25) is 21.8 Å². The van der Waals surface area contributed by atoms with Crippen LogP contribution in [0.5, 0.6) is 0 Å². The smallest absolute Gasteiger partial charge is 0.228 e. The normalized spacial score (nSPS) is 18.3. The first-order valence-electron chi connectivity index (χ1n) is 8.47. The highest BCUT2D eigenvalue weighted by Crippen LogP contribution is 2.22. The van der Waals surface area contributed by atoms with E-state index in [2.05, 4.69) is 10.6 Å². The molecule has 144 valence electrons. The number of anilines is 2. The second-order valence-electron chi connectivity index (χ2n) is 6.25. The van der Waals surface area contributed by atoms with Gasteiger partial charge in [-0.3, -0.25) is 9.59 Å². The van der Waals surface area contributed by atoms with Crippen LogP contribution in [0, 0.1) is 5.92 Å². The summed E-state index contributed by atoms with van der Waals surface area (Å²) in [6.45, 7) is 2.17. The lowest BCUT2D eigenvalue weighted by Crippen LogP contribution is -2.45. The Morgan fingerprint density at radius 3 is 2.38 bits per heavy atom. The van der Waals surface area contributed by atoms with Gasteiger partial charge in [0.05, 0.1) is 18.3 Å². The Balaban J connectivity index is 1.95. The molecule has 1 saturated heterocycles. The number of piperidine rings is 1. The molecule has 2 N–H and O–H groups in total. The first-order valence-corrected chi connectivity index (χ1v) is 10.1. The molecule has 8 nitrogen and oxygen atoms in total. The molecule has 1 aliphatic heterocycles. The highest BCUT2D eigenvalue weighted by Gasteiger charge is 2.32. The molecule has 1 atom stereocenters. The molecule has 0 spiro atoms. The van der Waals surface area contributed by atoms with Crippen LogP contribution in [0.4, 0.5) is 11.4 Å². The number of hydrogen-bond donors (Lipinski definition) is 2. The van der Waals surface area contributed by atoms with Crippen LogP contribution < -0.4 is 10.6 Å². The first-order chi connectivity index (χ1) is 12.3. The Morgan fingerprint density at radius 2 is 1.81 bits per heavy atom. The molecule has 0 bridgehead atoms. The molecule has 9 heteroatoms. The lowest BCUT2D eigenvalue weighted by molar-refractivity contribution is -0.121. The molecule has 1 unspecified atom stereocenters. The molecule has 1 aromatic carbocycles. The summed E-state index contributed by atoms with van der Waals surface area (Å²) in [6.07, 6.45) is 1.29. The summed E-state index contributed by atoms with van der Waals surface area (Å²) in [7, 11) is -1.96. The van der Waals surface area contributed by atoms with Crippen LogP contribution in [-0.4, -0.2) is 57.1 Å². The maximum absolute atomic E-state index is 12.5. The highest BCUT2D eigenvalue weighted by atomic mass is 32.2. The molecule has 2 amide bonds. The number of methoxy groups -OCH3 is 1. The van der Waals surface area contributed by atoms with Gasteiger partial charge in [-0.25, -0.2) is 12.7 Å². The Kier molecular flexibility index (Phi) is 7.13. The van der Waals surface area contributed by atoms with Gasteiger partial charge in [-0.1, -0.05) is 0 Å². The third-order valence-electron chi connectivity index (χ3n) is 4.17. The SMILES string of the molecule is COCCS(=O)(=O)N1CCCC(C(=O)Nc2ccc(NC(C)=O)cc2)C1. The number of hydrogen-bond acceptors (Lipinski definition) is 5. The predicted molar refractivity (Wildman–Crippen MR) is 99.3 cm³/mol. The average molecular weight is 383 g/mol. The van der Waals surface area contributed by atoms with E-state index >= 15 is 0 Å². The van der Waals surface area contributed by atoms with Crippen LogP contribution >= 0.6 is 0 Å². The van der Waals surface area contributed by atoms with E-state index in [0.717, 1.165) is 0 Å². The van der Waals surface area contributed by atoms with E-state index in [0.29, 0.717) is 30.8 Å². The molecule has 1 aromatic rings. The van der Waals surface area contributed by atoms with Crippen LogP contribution in [-0.2, 0) is 24.3 Å². The van der Waals surface area contributed by atoms with Gasteiger partial charge in [0.15, 0.2) is 0 Å². The monoisotopic (exact) mass is 383 g/mol. The molecule has 0 radical (unpaired) electrons. The zero-order valence-corrected chi connectivity index (χ0v) is 15.8. The zero-order chi connectivity index (χ0) is 19.2. The largest absolute Gasteiger partial charge is 0.384 e. The molecule has 1 heterocycles. The van der Waals surface area contributed by atoms with Crippen molar-refractivity contribution in [2.24, 2.45) is 5.92 Å². The maximum atomic E-state index is 12.5. The second-order valence-corrected chi connectivity index (χ2v) is 8.34. The summed E-state index contributed by atoms with van der Waals surface area (Å²) in [5.74, 6) is -0.846. The summed E-state index contributed by atoms with van der Waals surface area (Å²) < 4.78 is 30.8. The summed E-state index contributed by atoms with van der Waals surface area (Å²) >= 11 is 0. The van der Waals surface area contributed by atoms with Crippen molar-refractivity contribution in [3.63, 3.8) is 0 Å². The van der Waals surface area contributed by atoms with Gasteiger partial charge in [-0.2, -0.15) is 0 Å². The third-order valence-corrected chi connectivity index (χ3v) is 5.97. The lowest BCUT2D eigenvalue weighted by atomic mass is 9.98. The van der Waals surface area contributed by atoms with Gasteiger partial charge >= 0.3 is 0 Å². The summed E-state index contributed by atoms with van der Waals surface area (Å²) in [5.41, 5.74) is 1.24. The minimum Gasteiger partial charge on any atom is -0.384 e. The minimum atomic E-state index is -3.41. The first kappa shape index (κ1) is 20.3. The Morgan fingerprint density at radius 1 is 1.19 bits per heavy atom. The van der Waals surface area contributed by atoms with Crippen molar-refractivity contribution in [2.75, 3.05) is 43.2 Å². The van der Waals surface area contributed by atoms with E-state index in [9.17, 15) is 18.0 Å². The van der Waals surface area contributed by atoms with Gasteiger partial charge in [0.1, 0.15) is 0 Å². The number of sulfonamides is 1. The Hall–Kier alpha value is -1.97. The Bertz CT molecular complexity index is 733. The number of amides is 2. The fourth-order valence-corrected chi connectivity index (χ4v) is 4.26. The fraction of sp³-hybridized carbons (Fsp3) is 0.529. The number of carbonyl (C=O) groups is 2. The van der Waals surface area contributed by atoms with Crippen molar-refractivity contribution in [1.29, 1.82) is 0 Å². The third kappa shape index (κ3) is 5.79. The van der Waals surface area contributed by atoms with E-state index < -0.39 is 15.9 Å². The van der Waals surface area contributed by atoms with Crippen molar-refractivity contribution < 1.29 is 22.7 Å². The van der Waals surface area contributed by atoms with Crippen LogP contribution in [0.25, 0.3) is 0 Å². The van der Waals surface area contributed by atoms with E-state index in [1.54, 1.807) is 24.3 Å². The minimum absolute atomic E-state index is 0.0809. The van der Waals surface area contributed by atoms with E-state index in [-0.39, 0.29) is 30.7 Å². The van der Waals surface area contributed by atoms with Crippen LogP contribution in [0.3, 0.4) is 0 Å². The maximum Gasteiger partial charge on any atom is 0.228 e. The van der Waals surface area contributed by atoms with Crippen molar-refractivity contribution in [3.8, 4) is 0 Å². The molecule has 1 aliphatic rings. The van der Waals surface area contributed by atoms with Crippen LogP contribution in [0.1, 0.15) is 19.8 Å². The van der Waals surface area contributed by atoms with Crippen molar-refractivity contribution in [1.82, 2.24) is 4.31 Å². The van der Waals surface area contributed by atoms with E-state index in [1.165, 1.54) is 18.3 Å². The van der Waals surface area contributed by atoms with Gasteiger partial charge < -0.3 is 15.4 Å². The summed E-state index contributed by atoms with van der Waals surface area (Å²) in [4.78, 5) is 23.5. The Labute approximate surface area is 153 Å². The number of nitrogens with one attached hydrogen (secondary N) is 2. The highest BCUT2D eigenvalue weighted by molar-refractivity contribution is 7.89. The molecule has 0 aromatic heterocycles. The quantitative estimate of drug-likeness (QED) is 0.738. The van der Waals surface area contributed by atoms with Crippen LogP contribution in [0.2, 0.25) is 0 Å². The number of benzene rings is 1. The van der Waals surface area contributed by atoms with Gasteiger partial charge in [-0.15, -0.1) is 0 Å². The zero-order valence-electron chi connectivity index (χ0n) is 15.0. The molecule has 0 aliphatic carbocycles. The molecule has 1 fully saturated rings. The van der Waals surface area contributed by atoms with Crippen molar-refractivity contribution in [3.05, 3.63) is 24.3 Å². The van der Waals surface area contributed by atoms with Crippen molar-refractivity contribution >= 4 is 33.2 Å². The van der Waals surface area contributed by atoms with E-state index in [4.69, 9.17) is 4.74 Å². The number of nitrogens with zero attached hydrogens (tertiary/aromatic N) is 1. The van der Waals surface area contributed by atoms with Gasteiger partial charge in [-0.05, 0) is 37.1 Å². The summed E-state index contributed by atoms with van der Waals surface area (Å²) in [5, 5.41) is 5.46. The summed E-state index contributed by atoms with van der Waals surface area (Å²) in [6, 6.07) is 6.77. The standard InChI is InChI=1S/C17H25N3O5S/c1-13(21)18-15-5-7-16(8-6-15)19-17(22)14-4-3-9-20(12-14)26(23,24)11-10-25-2/h5-8,14H,3-4,9-12H2,1-2H3,(H,18,21)(H,19,22). The second kappa shape index (κ2) is 9.11. The van der Waals surface area contributed by atoms with Crippen LogP contribution in [0.15, 0.2) is 24.3 Å². The van der Waals surface area contributed by atoms with Gasteiger partial charge in [0, 0.05) is 38.5 Å². The molecule has 26 heavy (non-hydrogen) atoms. The molecule has 2 rings (SSSR count). The fourth-order valence-electron chi connectivity index (χ4n) is 2.81. The predicted octanol–water partition coefficient (Wildman–Crippen LogP) is 1.27. The lowest BCUT2D eigenvalue weighted by Gasteiger charge is -2.31. The van der Waals surface area contributed by atoms with E-state index in [1.807, 2.05) is 0 Å². The van der Waals surface area contributed by atoms with Gasteiger partial charge in [0.25, 0.3) is 0 Å². The average Bonchev–Trinajstić information content (AvgIpc) is 2.61. The topological polar surface area (TPSA) is 105 Å². The number of rotatable bonds is 7. The molecule has 0 saturated carbocycles. The van der Waals surface area contributed by atoms with Crippen molar-refractivity contribution in [2.45, 2.75) is 19.8 Å². The molecular formula is C17H25N3O5S.